The number of rotatable bonds is 2. The zero-order chi connectivity index (χ0) is 10.1. The van der Waals surface area contributed by atoms with E-state index in [9.17, 15) is 13.6 Å². The molecule has 1 aromatic heterocycles. The fourth-order valence-electron chi connectivity index (χ4n) is 0.832. The van der Waals surface area contributed by atoms with Gasteiger partial charge in [-0.05, 0) is 19.1 Å². The van der Waals surface area contributed by atoms with E-state index in [1.165, 1.54) is 13.0 Å². The van der Waals surface area contributed by atoms with E-state index in [1.54, 1.807) is 0 Å². The normalized spacial score (nSPS) is 11.4. The second-order valence-corrected chi connectivity index (χ2v) is 2.48. The van der Waals surface area contributed by atoms with Crippen molar-refractivity contribution in [3.8, 4) is 0 Å². The summed E-state index contributed by atoms with van der Waals surface area (Å²) in [6.07, 6.45) is 0. The lowest BCUT2D eigenvalue weighted by Gasteiger charge is -2.09. The largest absolute Gasteiger partial charge is 0.464 e. The van der Waals surface area contributed by atoms with Crippen molar-refractivity contribution >= 4 is 5.97 Å². The van der Waals surface area contributed by atoms with E-state index in [2.05, 4.69) is 9.15 Å². The quantitative estimate of drug-likeness (QED) is 0.668. The van der Waals surface area contributed by atoms with Crippen LogP contribution >= 0.6 is 0 Å². The van der Waals surface area contributed by atoms with E-state index >= 15 is 0 Å². The summed E-state index contributed by atoms with van der Waals surface area (Å²) in [7, 11) is 0.895. The Labute approximate surface area is 73.3 Å². The van der Waals surface area contributed by atoms with E-state index in [4.69, 9.17) is 0 Å². The molecule has 0 aromatic carbocycles. The van der Waals surface area contributed by atoms with Crippen LogP contribution < -0.4 is 0 Å². The highest BCUT2D eigenvalue weighted by Crippen LogP contribution is 2.30. The van der Waals surface area contributed by atoms with Crippen molar-refractivity contribution in [1.82, 2.24) is 0 Å². The summed E-state index contributed by atoms with van der Waals surface area (Å²) in [5, 5.41) is 0. The zero-order valence-corrected chi connectivity index (χ0v) is 7.14. The number of ether oxygens (including phenoxy) is 1. The smallest absolute Gasteiger partial charge is 0.399 e. The maximum absolute atomic E-state index is 13.0. The van der Waals surface area contributed by atoms with E-state index in [0.717, 1.165) is 13.2 Å². The molecule has 0 atom stereocenters. The van der Waals surface area contributed by atoms with Gasteiger partial charge in [0.1, 0.15) is 5.76 Å². The van der Waals surface area contributed by atoms with Crippen LogP contribution in [0.4, 0.5) is 8.78 Å². The lowest BCUT2D eigenvalue weighted by atomic mass is 10.2. The first-order valence-electron chi connectivity index (χ1n) is 3.51. The summed E-state index contributed by atoms with van der Waals surface area (Å²) >= 11 is 0. The van der Waals surface area contributed by atoms with Gasteiger partial charge in [0.15, 0.2) is 5.76 Å². The summed E-state index contributed by atoms with van der Waals surface area (Å²) in [6, 6.07) is 2.40. The molecule has 0 spiro atoms. The Morgan fingerprint density at radius 1 is 1.54 bits per heavy atom. The summed E-state index contributed by atoms with van der Waals surface area (Å²) < 4.78 is 34.5. The lowest BCUT2D eigenvalue weighted by molar-refractivity contribution is -0.172. The minimum atomic E-state index is -3.71. The molecule has 5 heteroatoms. The molecule has 0 unspecified atom stereocenters. The molecule has 1 aromatic rings. The Bertz CT molecular complexity index is 317. The molecule has 0 aliphatic carbocycles. The molecule has 72 valence electrons. The van der Waals surface area contributed by atoms with Gasteiger partial charge in [-0.1, -0.05) is 0 Å². The lowest BCUT2D eigenvalue weighted by Crippen LogP contribution is -2.26. The van der Waals surface area contributed by atoms with Crippen molar-refractivity contribution < 1.29 is 22.7 Å². The Kier molecular flexibility index (Phi) is 2.36. The van der Waals surface area contributed by atoms with Crippen molar-refractivity contribution in [2.75, 3.05) is 7.11 Å². The van der Waals surface area contributed by atoms with Crippen LogP contribution in [0.2, 0.25) is 0 Å². The molecular formula is C8H8F2O3. The molecule has 13 heavy (non-hydrogen) atoms. The van der Waals surface area contributed by atoms with Crippen LogP contribution in [-0.4, -0.2) is 13.1 Å². The number of carbonyl (C=O) groups is 1. The number of furan rings is 1. The van der Waals surface area contributed by atoms with E-state index < -0.39 is 17.7 Å². The summed E-state index contributed by atoms with van der Waals surface area (Å²) in [5.74, 6) is -5.71. The molecule has 0 saturated carbocycles. The first-order chi connectivity index (χ1) is 5.98. The number of esters is 1. The molecule has 0 saturated heterocycles. The number of hydrogen-bond donors (Lipinski definition) is 0. The number of halogens is 2. The Morgan fingerprint density at radius 2 is 2.15 bits per heavy atom. The summed E-state index contributed by atoms with van der Waals surface area (Å²) in [5.41, 5.74) is 0. The van der Waals surface area contributed by atoms with E-state index in [0.29, 0.717) is 5.76 Å². The van der Waals surface area contributed by atoms with Gasteiger partial charge in [-0.2, -0.15) is 8.78 Å². The highest BCUT2D eigenvalue weighted by molar-refractivity contribution is 5.78. The molecule has 0 fully saturated rings. The summed E-state index contributed by atoms with van der Waals surface area (Å²) in [6.45, 7) is 1.51. The van der Waals surface area contributed by atoms with Gasteiger partial charge in [-0.15, -0.1) is 0 Å². The van der Waals surface area contributed by atoms with Gasteiger partial charge < -0.3 is 9.15 Å². The third-order valence-corrected chi connectivity index (χ3v) is 1.49. The van der Waals surface area contributed by atoms with Crippen LogP contribution in [0.15, 0.2) is 16.5 Å². The average molecular weight is 190 g/mol. The molecule has 0 radical (unpaired) electrons. The predicted molar refractivity (Wildman–Crippen MR) is 39.4 cm³/mol. The minimum Gasteiger partial charge on any atom is -0.464 e. The van der Waals surface area contributed by atoms with Crippen LogP contribution in [0.1, 0.15) is 11.5 Å². The topological polar surface area (TPSA) is 39.4 Å². The Hall–Kier alpha value is -1.39. The number of aryl methyl sites for hydroxylation is 1. The number of methoxy groups -OCH3 is 1. The number of carbonyl (C=O) groups excluding carboxylic acids is 1. The van der Waals surface area contributed by atoms with Gasteiger partial charge in [0.2, 0.25) is 0 Å². The van der Waals surface area contributed by atoms with Gasteiger partial charge in [-0.25, -0.2) is 4.79 Å². The van der Waals surface area contributed by atoms with Crippen LogP contribution in [0.5, 0.6) is 0 Å². The van der Waals surface area contributed by atoms with Crippen LogP contribution in [0.3, 0.4) is 0 Å². The fraction of sp³-hybridized carbons (Fsp3) is 0.375. The molecule has 0 aliphatic rings. The Balaban J connectivity index is 2.99. The van der Waals surface area contributed by atoms with E-state index in [1.807, 2.05) is 0 Å². The standard InChI is InChI=1S/C8H8F2O3/c1-5-3-4-6(13-5)8(9,10)7(11)12-2/h3-4H,1-2H3. The average Bonchev–Trinajstić information content (AvgIpc) is 2.50. The van der Waals surface area contributed by atoms with Gasteiger partial charge in [-0.3, -0.25) is 0 Å². The molecule has 1 rings (SSSR count). The van der Waals surface area contributed by atoms with Crippen molar-refractivity contribution in [2.24, 2.45) is 0 Å². The summed E-state index contributed by atoms with van der Waals surface area (Å²) in [4.78, 5) is 10.6. The third kappa shape index (κ3) is 1.68. The maximum Gasteiger partial charge on any atom is 0.399 e. The number of hydrogen-bond acceptors (Lipinski definition) is 3. The van der Waals surface area contributed by atoms with Crippen LogP contribution in [0.25, 0.3) is 0 Å². The first-order valence-corrected chi connectivity index (χ1v) is 3.51. The van der Waals surface area contributed by atoms with E-state index in [-0.39, 0.29) is 0 Å². The van der Waals surface area contributed by atoms with Gasteiger partial charge >= 0.3 is 11.9 Å². The van der Waals surface area contributed by atoms with Crippen molar-refractivity contribution in [1.29, 1.82) is 0 Å². The first kappa shape index (κ1) is 9.70. The minimum absolute atomic E-state index is 0.318. The highest BCUT2D eigenvalue weighted by atomic mass is 19.3. The van der Waals surface area contributed by atoms with Crippen LogP contribution in [0, 0.1) is 6.92 Å². The second kappa shape index (κ2) is 3.16. The maximum atomic E-state index is 13.0. The molecule has 0 amide bonds. The molecule has 0 aliphatic heterocycles. The molecule has 3 nitrogen and oxygen atoms in total. The van der Waals surface area contributed by atoms with Crippen molar-refractivity contribution in [2.45, 2.75) is 12.8 Å². The Morgan fingerprint density at radius 3 is 2.54 bits per heavy atom. The van der Waals surface area contributed by atoms with Gasteiger partial charge in [0.05, 0.1) is 7.11 Å². The van der Waals surface area contributed by atoms with Gasteiger partial charge in [0.25, 0.3) is 0 Å². The predicted octanol–water partition coefficient (Wildman–Crippen LogP) is 1.85. The van der Waals surface area contributed by atoms with Crippen molar-refractivity contribution in [3.63, 3.8) is 0 Å². The third-order valence-electron chi connectivity index (χ3n) is 1.49. The SMILES string of the molecule is COC(=O)C(F)(F)c1ccc(C)o1. The molecule has 0 N–H and O–H groups in total. The highest BCUT2D eigenvalue weighted by Gasteiger charge is 2.45. The monoisotopic (exact) mass is 190 g/mol. The molecule has 0 bridgehead atoms. The van der Waals surface area contributed by atoms with Crippen molar-refractivity contribution in [3.05, 3.63) is 23.7 Å². The molecule has 1 heterocycles. The number of alkyl halides is 2. The zero-order valence-electron chi connectivity index (χ0n) is 7.14. The fourth-order valence-corrected chi connectivity index (χ4v) is 0.832. The van der Waals surface area contributed by atoms with Crippen LogP contribution in [-0.2, 0) is 15.5 Å². The van der Waals surface area contributed by atoms with Gasteiger partial charge in [0, 0.05) is 0 Å². The molecular weight excluding hydrogens is 182 g/mol. The second-order valence-electron chi connectivity index (χ2n) is 2.48.